The van der Waals surface area contributed by atoms with Gasteiger partial charge in [0.1, 0.15) is 0 Å². The molecule has 0 saturated carbocycles. The smallest absolute Gasteiger partial charge is 0.256 e. The van der Waals surface area contributed by atoms with Crippen LogP contribution in [0.25, 0.3) is 0 Å². The molecule has 2 aromatic carbocycles. The van der Waals surface area contributed by atoms with Gasteiger partial charge in [-0.15, -0.1) is 0 Å². The lowest BCUT2D eigenvalue weighted by Crippen LogP contribution is -2.20. The van der Waals surface area contributed by atoms with Gasteiger partial charge in [0.15, 0.2) is 0 Å². The van der Waals surface area contributed by atoms with Gasteiger partial charge < -0.3 is 10.6 Å². The monoisotopic (exact) mass is 423 g/mol. The third kappa shape index (κ3) is 3.89. The molecule has 1 aliphatic rings. The standard InChI is InChI=1S/C16H14BrN3O4S/c17-13-5-4-11(25(18,23)24)8-12(13)16(22)19-10-3-1-9-2-6-15(21)20-14(9)7-10/h1,3-5,7-8H,2,6H2,(H,19,22)(H,20,21)(H2,18,23,24). The summed E-state index contributed by atoms with van der Waals surface area (Å²) >= 11 is 3.23. The Morgan fingerprint density at radius 1 is 1.16 bits per heavy atom. The zero-order valence-electron chi connectivity index (χ0n) is 12.9. The fourth-order valence-electron chi connectivity index (χ4n) is 2.50. The number of hydrogen-bond acceptors (Lipinski definition) is 4. The van der Waals surface area contributed by atoms with Gasteiger partial charge in [-0.25, -0.2) is 13.6 Å². The maximum Gasteiger partial charge on any atom is 0.256 e. The Morgan fingerprint density at radius 3 is 2.64 bits per heavy atom. The fraction of sp³-hybridized carbons (Fsp3) is 0.125. The Hall–Kier alpha value is -2.23. The predicted octanol–water partition coefficient (Wildman–Crippen LogP) is 2.23. The van der Waals surface area contributed by atoms with Crippen molar-refractivity contribution in [3.63, 3.8) is 0 Å². The molecule has 0 unspecified atom stereocenters. The minimum atomic E-state index is -3.91. The molecule has 0 spiro atoms. The van der Waals surface area contributed by atoms with E-state index in [0.29, 0.717) is 28.7 Å². The van der Waals surface area contributed by atoms with Crippen LogP contribution in [0.15, 0.2) is 45.8 Å². The number of carbonyl (C=O) groups excluding carboxylic acids is 2. The highest BCUT2D eigenvalue weighted by Gasteiger charge is 2.18. The van der Waals surface area contributed by atoms with Gasteiger partial charge >= 0.3 is 0 Å². The zero-order chi connectivity index (χ0) is 18.2. The van der Waals surface area contributed by atoms with E-state index in [1.54, 1.807) is 12.1 Å². The van der Waals surface area contributed by atoms with E-state index in [0.717, 1.165) is 5.56 Å². The third-order valence-corrected chi connectivity index (χ3v) is 5.38. The molecule has 1 aliphatic heterocycles. The maximum atomic E-state index is 12.5. The second-order valence-electron chi connectivity index (χ2n) is 5.56. The maximum absolute atomic E-state index is 12.5. The predicted molar refractivity (Wildman–Crippen MR) is 96.9 cm³/mol. The molecule has 2 amide bonds. The topological polar surface area (TPSA) is 118 Å². The molecule has 0 aromatic heterocycles. The van der Waals surface area contributed by atoms with Crippen LogP contribution in [0, 0.1) is 0 Å². The van der Waals surface area contributed by atoms with Crippen molar-refractivity contribution in [2.45, 2.75) is 17.7 Å². The number of hydrogen-bond donors (Lipinski definition) is 3. The van der Waals surface area contributed by atoms with Crippen LogP contribution in [0.4, 0.5) is 11.4 Å². The van der Waals surface area contributed by atoms with E-state index in [1.165, 1.54) is 18.2 Å². The normalized spacial score (nSPS) is 13.8. The highest BCUT2D eigenvalue weighted by molar-refractivity contribution is 9.10. The summed E-state index contributed by atoms with van der Waals surface area (Å²) in [5.74, 6) is -0.570. The van der Waals surface area contributed by atoms with Gasteiger partial charge in [0.25, 0.3) is 5.91 Å². The number of halogens is 1. The lowest BCUT2D eigenvalue weighted by molar-refractivity contribution is -0.116. The molecule has 0 radical (unpaired) electrons. The van der Waals surface area contributed by atoms with Crippen molar-refractivity contribution in [2.24, 2.45) is 5.14 Å². The van der Waals surface area contributed by atoms with E-state index in [-0.39, 0.29) is 16.4 Å². The van der Waals surface area contributed by atoms with Crippen molar-refractivity contribution in [3.05, 3.63) is 52.0 Å². The molecular weight excluding hydrogens is 410 g/mol. The van der Waals surface area contributed by atoms with Crippen LogP contribution >= 0.6 is 15.9 Å². The molecule has 9 heteroatoms. The van der Waals surface area contributed by atoms with Crippen molar-refractivity contribution < 1.29 is 18.0 Å². The number of aryl methyl sites for hydroxylation is 1. The molecule has 3 rings (SSSR count). The number of nitrogens with one attached hydrogen (secondary N) is 2. The van der Waals surface area contributed by atoms with Gasteiger partial charge in [0.05, 0.1) is 10.5 Å². The minimum absolute atomic E-state index is 0.0698. The summed E-state index contributed by atoms with van der Waals surface area (Å²) in [6.07, 6.45) is 1.09. The average Bonchev–Trinajstić information content (AvgIpc) is 2.53. The summed E-state index contributed by atoms with van der Waals surface area (Å²) in [7, 11) is -3.91. The molecular formula is C16H14BrN3O4S. The number of sulfonamides is 1. The number of anilines is 2. The molecule has 0 atom stereocenters. The number of benzene rings is 2. The first-order valence-electron chi connectivity index (χ1n) is 7.30. The summed E-state index contributed by atoms with van der Waals surface area (Å²) in [5.41, 5.74) is 2.27. The Balaban J connectivity index is 1.88. The van der Waals surface area contributed by atoms with Crippen LogP contribution in [0.5, 0.6) is 0 Å². The molecule has 0 aliphatic carbocycles. The first-order chi connectivity index (χ1) is 11.7. The minimum Gasteiger partial charge on any atom is -0.326 e. The lowest BCUT2D eigenvalue weighted by atomic mass is 10.0. The Labute approximate surface area is 152 Å². The summed E-state index contributed by atoms with van der Waals surface area (Å²) in [5, 5.41) is 10.5. The van der Waals surface area contributed by atoms with Crippen LogP contribution < -0.4 is 15.8 Å². The van der Waals surface area contributed by atoms with Crippen molar-refractivity contribution in [2.75, 3.05) is 10.6 Å². The van der Waals surface area contributed by atoms with Crippen LogP contribution in [-0.2, 0) is 21.2 Å². The van der Waals surface area contributed by atoms with Crippen molar-refractivity contribution >= 4 is 49.1 Å². The largest absolute Gasteiger partial charge is 0.326 e. The highest BCUT2D eigenvalue weighted by Crippen LogP contribution is 2.27. The van der Waals surface area contributed by atoms with E-state index >= 15 is 0 Å². The molecule has 7 nitrogen and oxygen atoms in total. The molecule has 25 heavy (non-hydrogen) atoms. The summed E-state index contributed by atoms with van der Waals surface area (Å²) < 4.78 is 23.4. The van der Waals surface area contributed by atoms with Crippen molar-refractivity contribution in [1.82, 2.24) is 0 Å². The van der Waals surface area contributed by atoms with Gasteiger partial charge in [0.2, 0.25) is 15.9 Å². The number of carbonyl (C=O) groups is 2. The number of fused-ring (bicyclic) bond motifs is 1. The number of primary sulfonamides is 1. The van der Waals surface area contributed by atoms with Crippen LogP contribution in [0.2, 0.25) is 0 Å². The van der Waals surface area contributed by atoms with Gasteiger partial charge in [0, 0.05) is 22.3 Å². The lowest BCUT2D eigenvalue weighted by Gasteiger charge is -2.18. The molecule has 0 bridgehead atoms. The van der Waals surface area contributed by atoms with Crippen molar-refractivity contribution in [1.29, 1.82) is 0 Å². The van der Waals surface area contributed by atoms with E-state index in [2.05, 4.69) is 26.6 Å². The Morgan fingerprint density at radius 2 is 1.92 bits per heavy atom. The summed E-state index contributed by atoms with van der Waals surface area (Å²) in [6.45, 7) is 0. The Kier molecular flexibility index (Phi) is 4.63. The Bertz CT molecular complexity index is 989. The average molecular weight is 424 g/mol. The first-order valence-corrected chi connectivity index (χ1v) is 9.64. The molecule has 0 fully saturated rings. The second kappa shape index (κ2) is 6.58. The zero-order valence-corrected chi connectivity index (χ0v) is 15.3. The molecule has 2 aromatic rings. The second-order valence-corrected chi connectivity index (χ2v) is 7.98. The number of nitrogens with two attached hydrogens (primary N) is 1. The van der Waals surface area contributed by atoms with Gasteiger partial charge in [-0.1, -0.05) is 6.07 Å². The highest BCUT2D eigenvalue weighted by atomic mass is 79.9. The fourth-order valence-corrected chi connectivity index (χ4v) is 3.47. The quantitative estimate of drug-likeness (QED) is 0.700. The van der Waals surface area contributed by atoms with Gasteiger partial charge in [-0.05, 0) is 58.2 Å². The SMILES string of the molecule is NS(=O)(=O)c1ccc(Br)c(C(=O)Nc2ccc3c(c2)NC(=O)CC3)c1. The van der Waals surface area contributed by atoms with Gasteiger partial charge in [-0.3, -0.25) is 9.59 Å². The number of amides is 2. The molecule has 0 saturated heterocycles. The van der Waals surface area contributed by atoms with E-state index in [1.807, 2.05) is 6.07 Å². The first kappa shape index (κ1) is 17.6. The van der Waals surface area contributed by atoms with E-state index < -0.39 is 15.9 Å². The third-order valence-electron chi connectivity index (χ3n) is 3.77. The van der Waals surface area contributed by atoms with Crippen LogP contribution in [0.1, 0.15) is 22.3 Å². The molecule has 130 valence electrons. The van der Waals surface area contributed by atoms with Crippen molar-refractivity contribution in [3.8, 4) is 0 Å². The van der Waals surface area contributed by atoms with Crippen LogP contribution in [-0.4, -0.2) is 20.2 Å². The number of rotatable bonds is 3. The van der Waals surface area contributed by atoms with Gasteiger partial charge in [-0.2, -0.15) is 0 Å². The van der Waals surface area contributed by atoms with Crippen LogP contribution in [0.3, 0.4) is 0 Å². The molecule has 1 heterocycles. The summed E-state index contributed by atoms with van der Waals surface area (Å²) in [4.78, 5) is 23.8. The summed E-state index contributed by atoms with van der Waals surface area (Å²) in [6, 6.07) is 9.19. The molecule has 4 N–H and O–H groups in total. The van der Waals surface area contributed by atoms with E-state index in [4.69, 9.17) is 5.14 Å². The van der Waals surface area contributed by atoms with E-state index in [9.17, 15) is 18.0 Å².